The number of ether oxygens (including phenoxy) is 1. The summed E-state index contributed by atoms with van der Waals surface area (Å²) in [4.78, 5) is 12.0. The van der Waals surface area contributed by atoms with E-state index in [1.165, 1.54) is 0 Å². The Morgan fingerprint density at radius 2 is 2.33 bits per heavy atom. The Balaban J connectivity index is 2.21. The monoisotopic (exact) mass is 288 g/mol. The fraction of sp³-hybridized carbons (Fsp3) is 0.364. The first-order valence-electron chi connectivity index (χ1n) is 4.75. The molecule has 1 unspecified atom stereocenters. The van der Waals surface area contributed by atoms with Crippen molar-refractivity contribution in [3.63, 3.8) is 0 Å². The van der Waals surface area contributed by atoms with E-state index in [0.717, 1.165) is 10.9 Å². The Kier molecular flexibility index (Phi) is 3.44. The van der Waals surface area contributed by atoms with Crippen molar-refractivity contribution < 1.29 is 9.53 Å². The van der Waals surface area contributed by atoms with E-state index in [4.69, 9.17) is 16.3 Å². The zero-order valence-electron chi connectivity index (χ0n) is 8.00. The SMILES string of the molecule is O=C(c1ccc(Br)c(Cl)c1)C1CCOC1. The lowest BCUT2D eigenvalue weighted by molar-refractivity contribution is 0.0900. The van der Waals surface area contributed by atoms with Gasteiger partial charge in [0.1, 0.15) is 0 Å². The van der Waals surface area contributed by atoms with E-state index in [9.17, 15) is 4.79 Å². The molecule has 0 bridgehead atoms. The summed E-state index contributed by atoms with van der Waals surface area (Å²) in [6.07, 6.45) is 0.812. The Hall–Kier alpha value is -0.380. The molecule has 1 fully saturated rings. The van der Waals surface area contributed by atoms with E-state index in [0.29, 0.717) is 23.8 Å². The molecule has 1 aliphatic rings. The molecule has 1 aliphatic heterocycles. The number of Topliss-reactive ketones (excluding diaryl/α,β-unsaturated/α-hetero) is 1. The minimum Gasteiger partial charge on any atom is -0.381 e. The first-order valence-corrected chi connectivity index (χ1v) is 5.92. The summed E-state index contributed by atoms with van der Waals surface area (Å²) in [7, 11) is 0. The van der Waals surface area contributed by atoms with Gasteiger partial charge in [0.15, 0.2) is 5.78 Å². The van der Waals surface area contributed by atoms with E-state index in [1.807, 2.05) is 0 Å². The van der Waals surface area contributed by atoms with Crippen LogP contribution in [0.3, 0.4) is 0 Å². The molecule has 1 heterocycles. The van der Waals surface area contributed by atoms with Crippen LogP contribution < -0.4 is 0 Å². The van der Waals surface area contributed by atoms with Crippen LogP contribution in [0.4, 0.5) is 0 Å². The third-order valence-electron chi connectivity index (χ3n) is 2.50. The molecule has 0 aliphatic carbocycles. The summed E-state index contributed by atoms with van der Waals surface area (Å²) >= 11 is 9.23. The van der Waals surface area contributed by atoms with Gasteiger partial charge in [-0.1, -0.05) is 17.7 Å². The Bertz CT molecular complexity index is 386. The van der Waals surface area contributed by atoms with Crippen LogP contribution >= 0.6 is 27.5 Å². The molecule has 2 rings (SSSR count). The molecule has 0 aromatic heterocycles. The van der Waals surface area contributed by atoms with Gasteiger partial charge in [-0.15, -0.1) is 0 Å². The molecule has 0 N–H and O–H groups in total. The molecule has 2 nitrogen and oxygen atoms in total. The minimum atomic E-state index is 0.00208. The van der Waals surface area contributed by atoms with Gasteiger partial charge in [-0.25, -0.2) is 0 Å². The van der Waals surface area contributed by atoms with Crippen LogP contribution in [0.2, 0.25) is 5.02 Å². The van der Waals surface area contributed by atoms with Crippen molar-refractivity contribution in [3.8, 4) is 0 Å². The fourth-order valence-corrected chi connectivity index (χ4v) is 2.05. The number of carbonyl (C=O) groups excluding carboxylic acids is 1. The van der Waals surface area contributed by atoms with Gasteiger partial charge in [0, 0.05) is 22.6 Å². The predicted octanol–water partition coefficient (Wildman–Crippen LogP) is 3.32. The van der Waals surface area contributed by atoms with Gasteiger partial charge in [-0.05, 0) is 34.5 Å². The molecule has 0 spiro atoms. The first kappa shape index (κ1) is 11.1. The topological polar surface area (TPSA) is 26.3 Å². The fourth-order valence-electron chi connectivity index (χ4n) is 1.63. The van der Waals surface area contributed by atoms with E-state index >= 15 is 0 Å². The Morgan fingerprint density at radius 3 is 2.93 bits per heavy atom. The second-order valence-corrected chi connectivity index (χ2v) is 4.82. The Morgan fingerprint density at radius 1 is 1.53 bits per heavy atom. The number of benzene rings is 1. The van der Waals surface area contributed by atoms with Crippen molar-refractivity contribution in [2.75, 3.05) is 13.2 Å². The molecule has 80 valence electrons. The summed E-state index contributed by atoms with van der Waals surface area (Å²) < 4.78 is 6.00. The van der Waals surface area contributed by atoms with Crippen LogP contribution in [0.15, 0.2) is 22.7 Å². The highest BCUT2D eigenvalue weighted by Gasteiger charge is 2.24. The Labute approximate surface area is 102 Å². The van der Waals surface area contributed by atoms with Crippen LogP contribution in [0, 0.1) is 5.92 Å². The minimum absolute atomic E-state index is 0.00208. The second-order valence-electron chi connectivity index (χ2n) is 3.55. The van der Waals surface area contributed by atoms with Gasteiger partial charge < -0.3 is 4.74 Å². The molecular formula is C11H10BrClO2. The second kappa shape index (κ2) is 4.64. The highest BCUT2D eigenvalue weighted by atomic mass is 79.9. The normalized spacial score (nSPS) is 20.5. The van der Waals surface area contributed by atoms with Crippen LogP contribution in [0.5, 0.6) is 0 Å². The average Bonchev–Trinajstić information content (AvgIpc) is 2.74. The van der Waals surface area contributed by atoms with Crippen molar-refractivity contribution in [2.24, 2.45) is 5.92 Å². The molecule has 1 saturated heterocycles. The molecule has 1 aromatic carbocycles. The standard InChI is InChI=1S/C11H10BrClO2/c12-9-2-1-7(5-10(9)13)11(14)8-3-4-15-6-8/h1-2,5,8H,3-4,6H2. The van der Waals surface area contributed by atoms with Crippen LogP contribution in [0.25, 0.3) is 0 Å². The zero-order chi connectivity index (χ0) is 10.8. The molecule has 15 heavy (non-hydrogen) atoms. The maximum atomic E-state index is 12.0. The third-order valence-corrected chi connectivity index (χ3v) is 3.74. The van der Waals surface area contributed by atoms with Gasteiger partial charge in [-0.3, -0.25) is 4.79 Å². The predicted molar refractivity (Wildman–Crippen MR) is 62.4 cm³/mol. The van der Waals surface area contributed by atoms with Crippen LogP contribution in [-0.4, -0.2) is 19.0 Å². The van der Waals surface area contributed by atoms with Gasteiger partial charge in [0.25, 0.3) is 0 Å². The van der Waals surface area contributed by atoms with Crippen LogP contribution in [-0.2, 0) is 4.74 Å². The zero-order valence-corrected chi connectivity index (χ0v) is 10.3. The van der Waals surface area contributed by atoms with E-state index in [-0.39, 0.29) is 11.7 Å². The number of halogens is 2. The summed E-state index contributed by atoms with van der Waals surface area (Å²) in [5.74, 6) is 0.129. The number of ketones is 1. The molecule has 0 radical (unpaired) electrons. The summed E-state index contributed by atoms with van der Waals surface area (Å²) in [6.45, 7) is 1.22. The van der Waals surface area contributed by atoms with Crippen LogP contribution in [0.1, 0.15) is 16.8 Å². The number of carbonyl (C=O) groups is 1. The molecule has 4 heteroatoms. The van der Waals surface area contributed by atoms with Crippen molar-refractivity contribution in [1.82, 2.24) is 0 Å². The van der Waals surface area contributed by atoms with Gasteiger partial charge in [0.05, 0.1) is 11.6 Å². The lowest BCUT2D eigenvalue weighted by atomic mass is 9.97. The quantitative estimate of drug-likeness (QED) is 0.781. The van der Waals surface area contributed by atoms with Gasteiger partial charge in [-0.2, -0.15) is 0 Å². The highest BCUT2D eigenvalue weighted by Crippen LogP contribution is 2.26. The van der Waals surface area contributed by atoms with Crippen molar-refractivity contribution in [3.05, 3.63) is 33.3 Å². The lowest BCUT2D eigenvalue weighted by Gasteiger charge is -2.07. The molecule has 0 amide bonds. The molecule has 0 saturated carbocycles. The van der Waals surface area contributed by atoms with Gasteiger partial charge in [0.2, 0.25) is 0 Å². The lowest BCUT2D eigenvalue weighted by Crippen LogP contribution is -2.14. The number of hydrogen-bond donors (Lipinski definition) is 0. The summed E-state index contributed by atoms with van der Waals surface area (Å²) in [6, 6.07) is 5.29. The molecule has 1 atom stereocenters. The summed E-state index contributed by atoms with van der Waals surface area (Å²) in [5.41, 5.74) is 0.665. The van der Waals surface area contributed by atoms with Crippen molar-refractivity contribution in [2.45, 2.75) is 6.42 Å². The summed E-state index contributed by atoms with van der Waals surface area (Å²) in [5, 5.41) is 0.569. The third kappa shape index (κ3) is 2.41. The first-order chi connectivity index (χ1) is 7.18. The maximum absolute atomic E-state index is 12.0. The largest absolute Gasteiger partial charge is 0.381 e. The van der Waals surface area contributed by atoms with Gasteiger partial charge >= 0.3 is 0 Å². The maximum Gasteiger partial charge on any atom is 0.168 e. The molecule has 1 aromatic rings. The highest BCUT2D eigenvalue weighted by molar-refractivity contribution is 9.10. The number of hydrogen-bond acceptors (Lipinski definition) is 2. The number of rotatable bonds is 2. The average molecular weight is 290 g/mol. The van der Waals surface area contributed by atoms with Crippen molar-refractivity contribution in [1.29, 1.82) is 0 Å². The van der Waals surface area contributed by atoms with E-state index < -0.39 is 0 Å². The van der Waals surface area contributed by atoms with Crippen molar-refractivity contribution >= 4 is 33.3 Å². The smallest absolute Gasteiger partial charge is 0.168 e. The molecular weight excluding hydrogens is 279 g/mol. The van der Waals surface area contributed by atoms with E-state index in [2.05, 4.69) is 15.9 Å². The van der Waals surface area contributed by atoms with E-state index in [1.54, 1.807) is 18.2 Å².